The maximum atomic E-state index is 11.4. The fraction of sp³-hybridized carbons (Fsp3) is 0.632. The minimum absolute atomic E-state index is 0.224. The van der Waals surface area contributed by atoms with E-state index < -0.39 is 5.97 Å². The van der Waals surface area contributed by atoms with E-state index in [1.54, 1.807) is 0 Å². The Labute approximate surface area is 134 Å². The molecule has 2 N–H and O–H groups in total. The molecule has 3 nitrogen and oxygen atoms in total. The van der Waals surface area contributed by atoms with E-state index in [-0.39, 0.29) is 5.75 Å². The zero-order chi connectivity index (χ0) is 16.4. The normalized spacial score (nSPS) is 10.8. The zero-order valence-corrected chi connectivity index (χ0v) is 14.0. The molecule has 0 radical (unpaired) electrons. The number of hydrogen-bond acceptors (Lipinski definition) is 2. The second kappa shape index (κ2) is 10.3. The molecule has 0 spiro atoms. The lowest BCUT2D eigenvalue weighted by Crippen LogP contribution is -2.06. The third-order valence-corrected chi connectivity index (χ3v) is 4.27. The summed E-state index contributed by atoms with van der Waals surface area (Å²) >= 11 is 0. The molecule has 124 valence electrons. The Balaban J connectivity index is 2.50. The van der Waals surface area contributed by atoms with Crippen LogP contribution in [0.5, 0.6) is 5.75 Å². The highest BCUT2D eigenvalue weighted by molar-refractivity contribution is 5.90. The topological polar surface area (TPSA) is 57.5 Å². The molecular weight excluding hydrogens is 276 g/mol. The van der Waals surface area contributed by atoms with Crippen LogP contribution in [0.3, 0.4) is 0 Å². The van der Waals surface area contributed by atoms with Crippen molar-refractivity contribution < 1.29 is 15.0 Å². The van der Waals surface area contributed by atoms with Gasteiger partial charge < -0.3 is 10.2 Å². The van der Waals surface area contributed by atoms with Gasteiger partial charge in [-0.25, -0.2) is 4.79 Å². The Kier molecular flexibility index (Phi) is 8.64. The number of benzene rings is 1. The zero-order valence-electron chi connectivity index (χ0n) is 14.0. The highest BCUT2D eigenvalue weighted by atomic mass is 16.4. The van der Waals surface area contributed by atoms with Crippen molar-refractivity contribution in [3.05, 3.63) is 28.8 Å². The second-order valence-electron chi connectivity index (χ2n) is 5.97. The van der Waals surface area contributed by atoms with Gasteiger partial charge in [0.25, 0.3) is 0 Å². The summed E-state index contributed by atoms with van der Waals surface area (Å²) in [6.45, 7) is 4.18. The van der Waals surface area contributed by atoms with E-state index in [1.165, 1.54) is 50.7 Å². The quantitative estimate of drug-likeness (QED) is 0.543. The summed E-state index contributed by atoms with van der Waals surface area (Å²) in [7, 11) is 0. The molecule has 0 fully saturated rings. The van der Waals surface area contributed by atoms with E-state index in [0.717, 1.165) is 30.4 Å². The third kappa shape index (κ3) is 5.70. The van der Waals surface area contributed by atoms with Crippen molar-refractivity contribution in [3.8, 4) is 5.75 Å². The Morgan fingerprint density at radius 2 is 1.50 bits per heavy atom. The third-order valence-electron chi connectivity index (χ3n) is 4.27. The highest BCUT2D eigenvalue weighted by Gasteiger charge is 2.15. The first-order chi connectivity index (χ1) is 10.6. The number of rotatable bonds is 11. The summed E-state index contributed by atoms with van der Waals surface area (Å²) in [5.74, 6) is -0.675. The van der Waals surface area contributed by atoms with Gasteiger partial charge in [0.1, 0.15) is 5.75 Å². The van der Waals surface area contributed by atoms with Crippen molar-refractivity contribution in [1.29, 1.82) is 0 Å². The van der Waals surface area contributed by atoms with Gasteiger partial charge in [-0.15, -0.1) is 0 Å². The molecule has 22 heavy (non-hydrogen) atoms. The van der Waals surface area contributed by atoms with Gasteiger partial charge in [-0.2, -0.15) is 0 Å². The molecule has 0 aromatic heterocycles. The second-order valence-corrected chi connectivity index (χ2v) is 5.97. The van der Waals surface area contributed by atoms with Gasteiger partial charge in [-0.1, -0.05) is 58.8 Å². The van der Waals surface area contributed by atoms with Crippen molar-refractivity contribution in [1.82, 2.24) is 0 Å². The Morgan fingerprint density at radius 1 is 0.909 bits per heavy atom. The molecule has 0 aliphatic heterocycles. The number of unbranched alkanes of at least 4 members (excludes halogenated alkanes) is 7. The van der Waals surface area contributed by atoms with Gasteiger partial charge in [0.15, 0.2) is 0 Å². The van der Waals surface area contributed by atoms with E-state index in [1.807, 2.05) is 6.92 Å². The van der Waals surface area contributed by atoms with Crippen molar-refractivity contribution in [2.24, 2.45) is 0 Å². The number of phenolic OH excluding ortho intramolecular Hbond substituents is 1. The van der Waals surface area contributed by atoms with Crippen LogP contribution in [0, 0.1) is 0 Å². The first-order valence-corrected chi connectivity index (χ1v) is 8.68. The lowest BCUT2D eigenvalue weighted by atomic mass is 9.93. The Morgan fingerprint density at radius 3 is 2.05 bits per heavy atom. The van der Waals surface area contributed by atoms with E-state index >= 15 is 0 Å². The molecule has 1 aromatic rings. The molecule has 0 saturated heterocycles. The van der Waals surface area contributed by atoms with Crippen LogP contribution in [-0.2, 0) is 12.8 Å². The molecule has 0 saturated carbocycles. The van der Waals surface area contributed by atoms with Crippen LogP contribution in [0.15, 0.2) is 12.1 Å². The van der Waals surface area contributed by atoms with Crippen LogP contribution < -0.4 is 0 Å². The smallest absolute Gasteiger partial charge is 0.335 e. The average Bonchev–Trinajstić information content (AvgIpc) is 2.49. The fourth-order valence-corrected chi connectivity index (χ4v) is 3.00. The van der Waals surface area contributed by atoms with Gasteiger partial charge in [-0.3, -0.25) is 0 Å². The van der Waals surface area contributed by atoms with Crippen LogP contribution in [0.1, 0.15) is 86.7 Å². The summed E-state index contributed by atoms with van der Waals surface area (Å²) in [5.41, 5.74) is 1.96. The molecule has 1 rings (SSSR count). The number of carbonyl (C=O) groups is 1. The summed E-state index contributed by atoms with van der Waals surface area (Å²) in [4.78, 5) is 11.4. The van der Waals surface area contributed by atoms with Crippen molar-refractivity contribution in [2.75, 3.05) is 0 Å². The summed E-state index contributed by atoms with van der Waals surface area (Å²) in [5, 5.41) is 19.2. The van der Waals surface area contributed by atoms with Gasteiger partial charge in [0.05, 0.1) is 5.56 Å². The molecule has 0 amide bonds. The lowest BCUT2D eigenvalue weighted by Gasteiger charge is -2.13. The highest BCUT2D eigenvalue weighted by Crippen LogP contribution is 2.27. The molecule has 0 aliphatic rings. The first-order valence-electron chi connectivity index (χ1n) is 8.68. The Bertz CT molecular complexity index is 466. The number of aromatic hydroxyl groups is 1. The first kappa shape index (κ1) is 18.5. The van der Waals surface area contributed by atoms with Crippen LogP contribution in [0.25, 0.3) is 0 Å². The number of hydrogen-bond donors (Lipinski definition) is 2. The largest absolute Gasteiger partial charge is 0.508 e. The van der Waals surface area contributed by atoms with Gasteiger partial charge in [0.2, 0.25) is 0 Å². The molecule has 1 aromatic carbocycles. The van der Waals surface area contributed by atoms with E-state index in [9.17, 15) is 15.0 Å². The molecule has 0 bridgehead atoms. The number of carboxylic acid groups (broad SMARTS) is 1. The predicted molar refractivity (Wildman–Crippen MR) is 90.8 cm³/mol. The van der Waals surface area contributed by atoms with E-state index in [0.29, 0.717) is 12.0 Å². The van der Waals surface area contributed by atoms with Crippen molar-refractivity contribution in [2.45, 2.75) is 78.1 Å². The van der Waals surface area contributed by atoms with Crippen LogP contribution in [0.2, 0.25) is 0 Å². The minimum Gasteiger partial charge on any atom is -0.508 e. The number of phenols is 1. The average molecular weight is 306 g/mol. The van der Waals surface area contributed by atoms with E-state index in [2.05, 4.69) is 6.92 Å². The summed E-state index contributed by atoms with van der Waals surface area (Å²) < 4.78 is 0. The molecule has 0 heterocycles. The van der Waals surface area contributed by atoms with Crippen LogP contribution in [0.4, 0.5) is 0 Å². The van der Waals surface area contributed by atoms with Gasteiger partial charge in [0, 0.05) is 0 Å². The standard InChI is InChI=1S/C19H30O3/c1-3-5-6-7-8-9-10-11-12-16-15(4-2)18(20)14-13-17(16)19(21)22/h13-14,20H,3-12H2,1-2H3,(H,21,22). The molecule has 0 atom stereocenters. The van der Waals surface area contributed by atoms with Gasteiger partial charge in [-0.05, 0) is 42.5 Å². The Hall–Kier alpha value is -1.51. The summed E-state index contributed by atoms with van der Waals surface area (Å²) in [6, 6.07) is 3.02. The van der Waals surface area contributed by atoms with Crippen LogP contribution >= 0.6 is 0 Å². The lowest BCUT2D eigenvalue weighted by molar-refractivity contribution is 0.0695. The van der Waals surface area contributed by atoms with Crippen molar-refractivity contribution in [3.63, 3.8) is 0 Å². The van der Waals surface area contributed by atoms with E-state index in [4.69, 9.17) is 0 Å². The number of carboxylic acids is 1. The SMILES string of the molecule is CCCCCCCCCCc1c(C(=O)O)ccc(O)c1CC. The molecule has 3 heteroatoms. The number of aromatic carboxylic acids is 1. The van der Waals surface area contributed by atoms with Crippen LogP contribution in [-0.4, -0.2) is 16.2 Å². The van der Waals surface area contributed by atoms with Gasteiger partial charge >= 0.3 is 5.97 Å². The maximum Gasteiger partial charge on any atom is 0.335 e. The van der Waals surface area contributed by atoms with Crippen molar-refractivity contribution >= 4 is 5.97 Å². The monoisotopic (exact) mass is 306 g/mol. The summed E-state index contributed by atoms with van der Waals surface area (Å²) in [6.07, 6.45) is 11.2. The fourth-order valence-electron chi connectivity index (χ4n) is 3.00. The maximum absolute atomic E-state index is 11.4. The minimum atomic E-state index is -0.899. The molecular formula is C19H30O3. The predicted octanol–water partition coefficient (Wildman–Crippen LogP) is 5.34. The molecule has 0 aliphatic carbocycles. The molecule has 0 unspecified atom stereocenters.